The van der Waals surface area contributed by atoms with Crippen LogP contribution in [0.25, 0.3) is 5.69 Å². The Morgan fingerprint density at radius 2 is 1.64 bits per heavy atom. The van der Waals surface area contributed by atoms with E-state index in [2.05, 4.69) is 9.82 Å². The molecule has 0 unspecified atom stereocenters. The van der Waals surface area contributed by atoms with Gasteiger partial charge in [0.15, 0.2) is 0 Å². The van der Waals surface area contributed by atoms with Crippen molar-refractivity contribution in [3.8, 4) is 5.69 Å². The molecule has 0 aliphatic carbocycles. The second-order valence-electron chi connectivity index (χ2n) is 6.66. The fourth-order valence-corrected chi connectivity index (χ4v) is 4.40. The molecule has 0 spiro atoms. The molecule has 0 aliphatic rings. The van der Waals surface area contributed by atoms with E-state index in [0.29, 0.717) is 28.6 Å². The first kappa shape index (κ1) is 20.9. The van der Waals surface area contributed by atoms with Gasteiger partial charge >= 0.3 is 0 Å². The number of halogens is 2. The van der Waals surface area contributed by atoms with Crippen LogP contribution >= 0.6 is 23.2 Å². The summed E-state index contributed by atoms with van der Waals surface area (Å²) in [6, 6.07) is 14.8. The molecule has 1 heterocycles. The third kappa shape index (κ3) is 5.35. The van der Waals surface area contributed by atoms with Gasteiger partial charge in [-0.3, -0.25) is 0 Å². The molecule has 1 aromatic heterocycles. The van der Waals surface area contributed by atoms with E-state index in [1.807, 2.05) is 48.9 Å². The molecule has 0 aliphatic heterocycles. The molecule has 2 aromatic carbocycles. The highest BCUT2D eigenvalue weighted by Gasteiger charge is 2.12. The van der Waals surface area contributed by atoms with E-state index in [1.165, 1.54) is 0 Å². The van der Waals surface area contributed by atoms with E-state index in [4.69, 9.17) is 23.2 Å². The summed E-state index contributed by atoms with van der Waals surface area (Å²) in [5, 5.41) is 5.21. The first-order valence-electron chi connectivity index (χ1n) is 8.77. The Morgan fingerprint density at radius 1 is 0.964 bits per heavy atom. The number of benzene rings is 2. The smallest absolute Gasteiger partial charge is 0.215 e. The summed E-state index contributed by atoms with van der Waals surface area (Å²) in [6.45, 7) is 4.29. The molecule has 0 saturated heterocycles. The zero-order valence-electron chi connectivity index (χ0n) is 15.6. The number of aromatic nitrogens is 2. The van der Waals surface area contributed by atoms with Crippen molar-refractivity contribution in [2.75, 3.05) is 6.54 Å². The van der Waals surface area contributed by atoms with Crippen LogP contribution in [-0.2, 0) is 22.2 Å². The average Bonchev–Trinajstić information content (AvgIpc) is 2.97. The third-order valence-electron chi connectivity index (χ3n) is 4.27. The predicted octanol–water partition coefficient (Wildman–Crippen LogP) is 4.46. The second kappa shape index (κ2) is 8.66. The fourth-order valence-electron chi connectivity index (χ4n) is 2.94. The van der Waals surface area contributed by atoms with Gasteiger partial charge in [0.25, 0.3) is 0 Å². The minimum absolute atomic E-state index is 0.138. The van der Waals surface area contributed by atoms with E-state index in [1.54, 1.807) is 18.2 Å². The number of nitrogens with zero attached hydrogens (tertiary/aromatic N) is 2. The van der Waals surface area contributed by atoms with E-state index in [0.717, 1.165) is 22.6 Å². The molecule has 5 nitrogen and oxygen atoms in total. The van der Waals surface area contributed by atoms with Gasteiger partial charge in [0, 0.05) is 12.2 Å². The Labute approximate surface area is 175 Å². The molecule has 0 radical (unpaired) electrons. The summed E-state index contributed by atoms with van der Waals surface area (Å²) >= 11 is 11.8. The Kier molecular flexibility index (Phi) is 6.45. The van der Waals surface area contributed by atoms with Crippen LogP contribution in [-0.4, -0.2) is 24.7 Å². The first-order chi connectivity index (χ1) is 13.2. The maximum Gasteiger partial charge on any atom is 0.215 e. The lowest BCUT2D eigenvalue weighted by atomic mass is 10.1. The summed E-state index contributed by atoms with van der Waals surface area (Å²) in [6.07, 6.45) is 0.595. The largest absolute Gasteiger partial charge is 0.238 e. The molecule has 0 fully saturated rings. The second-order valence-corrected chi connectivity index (χ2v) is 9.28. The van der Waals surface area contributed by atoms with Gasteiger partial charge in [-0.25, -0.2) is 17.8 Å². The maximum absolute atomic E-state index is 12.3. The minimum Gasteiger partial charge on any atom is -0.238 e. The van der Waals surface area contributed by atoms with Crippen molar-refractivity contribution >= 4 is 33.2 Å². The van der Waals surface area contributed by atoms with E-state index >= 15 is 0 Å². The zero-order valence-corrected chi connectivity index (χ0v) is 17.9. The third-order valence-corrected chi connectivity index (χ3v) is 6.36. The molecule has 0 atom stereocenters. The summed E-state index contributed by atoms with van der Waals surface area (Å²) in [4.78, 5) is 0. The molecule has 3 aromatic rings. The maximum atomic E-state index is 12.3. The quantitative estimate of drug-likeness (QED) is 0.593. The van der Waals surface area contributed by atoms with Crippen molar-refractivity contribution in [3.63, 3.8) is 0 Å². The minimum atomic E-state index is -3.45. The van der Waals surface area contributed by atoms with Crippen molar-refractivity contribution in [1.29, 1.82) is 0 Å². The van der Waals surface area contributed by atoms with Gasteiger partial charge in [0.2, 0.25) is 10.0 Å². The van der Waals surface area contributed by atoms with Gasteiger partial charge in [0.1, 0.15) is 0 Å². The van der Waals surface area contributed by atoms with Crippen LogP contribution in [0.5, 0.6) is 0 Å². The molecule has 1 N–H and O–H groups in total. The van der Waals surface area contributed by atoms with Gasteiger partial charge in [-0.2, -0.15) is 5.10 Å². The Morgan fingerprint density at radius 3 is 2.25 bits per heavy atom. The van der Waals surface area contributed by atoms with Crippen molar-refractivity contribution in [2.45, 2.75) is 26.0 Å². The van der Waals surface area contributed by atoms with Crippen LogP contribution in [0.15, 0.2) is 48.5 Å². The van der Waals surface area contributed by atoms with E-state index < -0.39 is 10.0 Å². The molecule has 0 bridgehead atoms. The molecule has 0 saturated carbocycles. The standard InChI is InChI=1S/C20H21Cl2N3O2S/c1-14-11-15(2)25(24-14)18-6-3-16(4-7-18)9-10-23-28(26,27)13-17-5-8-19(21)20(22)12-17/h3-8,11-12,23H,9-10,13H2,1-2H3. The predicted molar refractivity (Wildman–Crippen MR) is 114 cm³/mol. The highest BCUT2D eigenvalue weighted by atomic mass is 35.5. The van der Waals surface area contributed by atoms with Gasteiger partial charge in [0.05, 0.1) is 27.2 Å². The van der Waals surface area contributed by atoms with Crippen molar-refractivity contribution in [2.24, 2.45) is 0 Å². The molecular weight excluding hydrogens is 417 g/mol. The van der Waals surface area contributed by atoms with Crippen LogP contribution in [0.1, 0.15) is 22.5 Å². The van der Waals surface area contributed by atoms with Gasteiger partial charge in [-0.1, -0.05) is 41.4 Å². The summed E-state index contributed by atoms with van der Waals surface area (Å²) < 4.78 is 29.0. The highest BCUT2D eigenvalue weighted by Crippen LogP contribution is 2.23. The highest BCUT2D eigenvalue weighted by molar-refractivity contribution is 7.88. The van der Waals surface area contributed by atoms with Crippen molar-refractivity contribution < 1.29 is 8.42 Å². The van der Waals surface area contributed by atoms with Gasteiger partial charge in [-0.15, -0.1) is 0 Å². The molecular formula is C20H21Cl2N3O2S. The monoisotopic (exact) mass is 437 g/mol. The number of rotatable bonds is 7. The number of hydrogen-bond acceptors (Lipinski definition) is 3. The van der Waals surface area contributed by atoms with Gasteiger partial charge < -0.3 is 0 Å². The van der Waals surface area contributed by atoms with Crippen LogP contribution in [0.3, 0.4) is 0 Å². The Hall–Kier alpha value is -1.86. The summed E-state index contributed by atoms with van der Waals surface area (Å²) in [5.41, 5.74) is 4.66. The Bertz CT molecular complexity index is 1080. The molecule has 148 valence electrons. The SMILES string of the molecule is Cc1cc(C)n(-c2ccc(CCNS(=O)(=O)Cc3ccc(Cl)c(Cl)c3)cc2)n1. The molecule has 3 rings (SSSR count). The summed E-state index contributed by atoms with van der Waals surface area (Å²) in [5.74, 6) is -0.138. The number of sulfonamides is 1. The van der Waals surface area contributed by atoms with Crippen LogP contribution in [0, 0.1) is 13.8 Å². The molecule has 0 amide bonds. The van der Waals surface area contributed by atoms with Crippen LogP contribution < -0.4 is 4.72 Å². The number of aryl methyl sites for hydroxylation is 2. The lowest BCUT2D eigenvalue weighted by molar-refractivity contribution is 0.581. The number of nitrogens with one attached hydrogen (secondary N) is 1. The topological polar surface area (TPSA) is 64.0 Å². The first-order valence-corrected chi connectivity index (χ1v) is 11.2. The molecule has 8 heteroatoms. The van der Waals surface area contributed by atoms with Crippen LogP contribution in [0.4, 0.5) is 0 Å². The number of hydrogen-bond donors (Lipinski definition) is 1. The summed E-state index contributed by atoms with van der Waals surface area (Å²) in [7, 11) is -3.45. The fraction of sp³-hybridized carbons (Fsp3) is 0.250. The van der Waals surface area contributed by atoms with Crippen molar-refractivity contribution in [1.82, 2.24) is 14.5 Å². The molecule has 28 heavy (non-hydrogen) atoms. The zero-order chi connectivity index (χ0) is 20.3. The van der Waals surface area contributed by atoms with E-state index in [-0.39, 0.29) is 5.75 Å². The lowest BCUT2D eigenvalue weighted by Gasteiger charge is -2.09. The van der Waals surface area contributed by atoms with Crippen molar-refractivity contribution in [3.05, 3.63) is 81.1 Å². The lowest BCUT2D eigenvalue weighted by Crippen LogP contribution is -2.27. The Balaban J connectivity index is 1.56. The van der Waals surface area contributed by atoms with E-state index in [9.17, 15) is 8.42 Å². The van der Waals surface area contributed by atoms with Crippen LogP contribution in [0.2, 0.25) is 10.0 Å². The normalized spacial score (nSPS) is 11.7. The van der Waals surface area contributed by atoms with Gasteiger partial charge in [-0.05, 0) is 61.7 Å². The average molecular weight is 438 g/mol.